The highest BCUT2D eigenvalue weighted by atomic mass is 19.1. The molecule has 0 spiro atoms. The van der Waals surface area contributed by atoms with Gasteiger partial charge in [-0.05, 0) is 43.7 Å². The van der Waals surface area contributed by atoms with E-state index in [1.807, 2.05) is 0 Å². The highest BCUT2D eigenvalue weighted by Crippen LogP contribution is 2.40. The fourth-order valence-corrected chi connectivity index (χ4v) is 2.83. The summed E-state index contributed by atoms with van der Waals surface area (Å²) in [6.07, 6.45) is 3.25. The molecule has 19 heavy (non-hydrogen) atoms. The molecule has 0 atom stereocenters. The van der Waals surface area contributed by atoms with Gasteiger partial charge in [0.25, 0.3) is 0 Å². The van der Waals surface area contributed by atoms with E-state index in [0.717, 1.165) is 31.0 Å². The Morgan fingerprint density at radius 3 is 2.26 bits per heavy atom. The molecule has 0 saturated heterocycles. The lowest BCUT2D eigenvalue weighted by Crippen LogP contribution is -2.41. The van der Waals surface area contributed by atoms with Crippen LogP contribution in [-0.2, 0) is 0 Å². The Bertz CT molecular complexity index is 459. The average Bonchev–Trinajstić information content (AvgIpc) is 2.38. The molecule has 2 nitrogen and oxygen atoms in total. The smallest absolute Gasteiger partial charge is 0.170 e. The second-order valence-corrected chi connectivity index (χ2v) is 5.65. The molecule has 0 aliphatic heterocycles. The van der Waals surface area contributed by atoms with Gasteiger partial charge in [-0.15, -0.1) is 0 Å². The Labute approximate surface area is 112 Å². The van der Waals surface area contributed by atoms with Crippen LogP contribution in [0, 0.1) is 23.0 Å². The van der Waals surface area contributed by atoms with Crippen LogP contribution in [0.3, 0.4) is 0 Å². The molecule has 1 aromatic carbocycles. The molecule has 1 saturated carbocycles. The Hall–Kier alpha value is -1.29. The summed E-state index contributed by atoms with van der Waals surface area (Å²) in [5.41, 5.74) is 5.24. The maximum Gasteiger partial charge on any atom is 0.170 e. The minimum absolute atomic E-state index is 0.0949. The summed E-state index contributed by atoms with van der Waals surface area (Å²) in [6, 6.07) is 2.97. The normalized spacial score (nSPS) is 27.3. The van der Waals surface area contributed by atoms with Crippen molar-refractivity contribution >= 4 is 5.78 Å². The van der Waals surface area contributed by atoms with Crippen LogP contribution in [0.15, 0.2) is 18.2 Å². The zero-order valence-electron chi connectivity index (χ0n) is 11.1. The van der Waals surface area contributed by atoms with Gasteiger partial charge in [0, 0.05) is 23.6 Å². The van der Waals surface area contributed by atoms with Crippen molar-refractivity contribution in [2.45, 2.75) is 32.6 Å². The minimum Gasteiger partial charge on any atom is -0.329 e. The zero-order valence-corrected chi connectivity index (χ0v) is 11.1. The van der Waals surface area contributed by atoms with E-state index in [0.29, 0.717) is 18.8 Å². The average molecular weight is 267 g/mol. The van der Waals surface area contributed by atoms with E-state index in [4.69, 9.17) is 5.73 Å². The summed E-state index contributed by atoms with van der Waals surface area (Å²) >= 11 is 0. The first-order chi connectivity index (χ1) is 8.97. The number of rotatable bonds is 3. The molecule has 0 amide bonds. The third-order valence-electron chi connectivity index (χ3n) is 4.23. The van der Waals surface area contributed by atoms with Gasteiger partial charge < -0.3 is 5.73 Å². The largest absolute Gasteiger partial charge is 0.329 e. The number of benzene rings is 1. The van der Waals surface area contributed by atoms with E-state index in [1.165, 1.54) is 0 Å². The van der Waals surface area contributed by atoms with Gasteiger partial charge >= 0.3 is 0 Å². The Balaban J connectivity index is 2.30. The molecule has 0 unspecified atom stereocenters. The molecular weight excluding hydrogens is 248 g/mol. The highest BCUT2D eigenvalue weighted by molar-refractivity contribution is 6.00. The predicted octanol–water partition coefficient (Wildman–Crippen LogP) is 3.30. The van der Waals surface area contributed by atoms with Crippen LogP contribution in [0.25, 0.3) is 0 Å². The van der Waals surface area contributed by atoms with E-state index in [1.54, 1.807) is 0 Å². The van der Waals surface area contributed by atoms with Crippen LogP contribution in [0.4, 0.5) is 8.78 Å². The number of Topliss-reactive ketones (excluding diaryl/α,β-unsaturated/α-hetero) is 1. The zero-order chi connectivity index (χ0) is 14.0. The summed E-state index contributed by atoms with van der Waals surface area (Å²) in [5.74, 6) is -1.09. The Morgan fingerprint density at radius 1 is 1.26 bits per heavy atom. The van der Waals surface area contributed by atoms with Crippen molar-refractivity contribution in [3.63, 3.8) is 0 Å². The van der Waals surface area contributed by atoms with Crippen molar-refractivity contribution in [2.24, 2.45) is 17.1 Å². The number of ketones is 1. The van der Waals surface area contributed by atoms with Gasteiger partial charge in [-0.25, -0.2) is 8.78 Å². The summed E-state index contributed by atoms with van der Waals surface area (Å²) in [6.45, 7) is 2.38. The highest BCUT2D eigenvalue weighted by Gasteiger charge is 2.40. The molecule has 2 N–H and O–H groups in total. The molecule has 104 valence electrons. The molecule has 4 heteroatoms. The number of halogens is 2. The summed E-state index contributed by atoms with van der Waals surface area (Å²) < 4.78 is 26.4. The van der Waals surface area contributed by atoms with E-state index in [2.05, 4.69) is 6.92 Å². The molecule has 1 aliphatic carbocycles. The molecular formula is C15H19F2NO. The van der Waals surface area contributed by atoms with Crippen LogP contribution in [0.2, 0.25) is 0 Å². The molecule has 1 fully saturated rings. The van der Waals surface area contributed by atoms with Gasteiger partial charge in [0.2, 0.25) is 0 Å². The van der Waals surface area contributed by atoms with E-state index >= 15 is 0 Å². The minimum atomic E-state index is -0.723. The Morgan fingerprint density at radius 2 is 1.79 bits per heavy atom. The lowest BCUT2D eigenvalue weighted by molar-refractivity contribution is 0.0694. The van der Waals surface area contributed by atoms with Crippen LogP contribution >= 0.6 is 0 Å². The van der Waals surface area contributed by atoms with E-state index in [-0.39, 0.29) is 17.9 Å². The third-order valence-corrected chi connectivity index (χ3v) is 4.23. The van der Waals surface area contributed by atoms with Crippen molar-refractivity contribution < 1.29 is 13.6 Å². The van der Waals surface area contributed by atoms with Crippen molar-refractivity contribution in [3.8, 4) is 0 Å². The monoisotopic (exact) mass is 267 g/mol. The van der Waals surface area contributed by atoms with E-state index in [9.17, 15) is 13.6 Å². The molecule has 0 bridgehead atoms. The van der Waals surface area contributed by atoms with Crippen LogP contribution in [0.5, 0.6) is 0 Å². The van der Waals surface area contributed by atoms with Gasteiger partial charge in [0.05, 0.1) is 0 Å². The lowest BCUT2D eigenvalue weighted by Gasteiger charge is -2.37. The molecule has 0 heterocycles. The number of carbonyl (C=O) groups excluding carboxylic acids is 1. The number of carbonyl (C=O) groups is 1. The second-order valence-electron chi connectivity index (χ2n) is 5.65. The maximum absolute atomic E-state index is 13.2. The SMILES string of the molecule is CC1CCC(CN)(C(=O)c2cc(F)cc(F)c2)CC1. The van der Waals surface area contributed by atoms with Crippen molar-refractivity contribution in [1.29, 1.82) is 0 Å². The summed E-state index contributed by atoms with van der Waals surface area (Å²) in [7, 11) is 0. The first-order valence-corrected chi connectivity index (χ1v) is 6.68. The number of hydrogen-bond acceptors (Lipinski definition) is 2. The maximum atomic E-state index is 13.2. The fourth-order valence-electron chi connectivity index (χ4n) is 2.83. The lowest BCUT2D eigenvalue weighted by atomic mass is 9.67. The molecule has 1 aromatic rings. The van der Waals surface area contributed by atoms with Gasteiger partial charge in [-0.1, -0.05) is 6.92 Å². The van der Waals surface area contributed by atoms with Gasteiger partial charge in [-0.2, -0.15) is 0 Å². The van der Waals surface area contributed by atoms with Gasteiger partial charge in [0.1, 0.15) is 11.6 Å². The third kappa shape index (κ3) is 2.84. The molecule has 0 aromatic heterocycles. The first kappa shape index (κ1) is 14.1. The standard InChI is InChI=1S/C15H19F2NO/c1-10-2-4-15(9-18,5-3-10)14(19)11-6-12(16)8-13(17)7-11/h6-8,10H,2-5,9,18H2,1H3. The molecule has 1 aliphatic rings. The van der Waals surface area contributed by atoms with Crippen LogP contribution in [-0.4, -0.2) is 12.3 Å². The second kappa shape index (κ2) is 5.37. The first-order valence-electron chi connectivity index (χ1n) is 6.68. The van der Waals surface area contributed by atoms with Crippen molar-refractivity contribution in [1.82, 2.24) is 0 Å². The van der Waals surface area contributed by atoms with Gasteiger partial charge in [0.15, 0.2) is 5.78 Å². The Kier molecular flexibility index (Phi) is 3.99. The van der Waals surface area contributed by atoms with Crippen molar-refractivity contribution in [2.75, 3.05) is 6.54 Å². The number of nitrogens with two attached hydrogens (primary N) is 1. The fraction of sp³-hybridized carbons (Fsp3) is 0.533. The van der Waals surface area contributed by atoms with Gasteiger partial charge in [-0.3, -0.25) is 4.79 Å². The summed E-state index contributed by atoms with van der Waals surface area (Å²) in [4.78, 5) is 12.6. The van der Waals surface area contributed by atoms with E-state index < -0.39 is 17.0 Å². The molecule has 2 rings (SSSR count). The van der Waals surface area contributed by atoms with Crippen molar-refractivity contribution in [3.05, 3.63) is 35.4 Å². The van der Waals surface area contributed by atoms with Crippen LogP contribution in [0.1, 0.15) is 43.0 Å². The summed E-state index contributed by atoms with van der Waals surface area (Å²) in [5, 5.41) is 0. The topological polar surface area (TPSA) is 43.1 Å². The van der Waals surface area contributed by atoms with Crippen LogP contribution < -0.4 is 5.73 Å². The quantitative estimate of drug-likeness (QED) is 0.854. The molecule has 0 radical (unpaired) electrons. The predicted molar refractivity (Wildman–Crippen MR) is 69.8 cm³/mol. The number of hydrogen-bond donors (Lipinski definition) is 1.